The normalized spacial score (nSPS) is 14.4. The van der Waals surface area contributed by atoms with E-state index in [1.54, 1.807) is 19.1 Å². The van der Waals surface area contributed by atoms with Gasteiger partial charge in [0, 0.05) is 44.8 Å². The van der Waals surface area contributed by atoms with E-state index in [0.29, 0.717) is 18.3 Å². The molecule has 2 unspecified atom stereocenters. The summed E-state index contributed by atoms with van der Waals surface area (Å²) in [6.45, 7) is 39.0. The molecule has 61 heavy (non-hydrogen) atoms. The Hall–Kier alpha value is -3.47. The maximum Gasteiger partial charge on any atom is 0.518 e. The van der Waals surface area contributed by atoms with Gasteiger partial charge in [0.25, 0.3) is 0 Å². The van der Waals surface area contributed by atoms with Crippen LogP contribution in [-0.2, 0) is 58.3 Å². The molecule has 2 atom stereocenters. The van der Waals surface area contributed by atoms with Crippen molar-refractivity contribution >= 4 is 42.6 Å². The number of hydrogen-bond donors (Lipinski definition) is 2. The van der Waals surface area contributed by atoms with Gasteiger partial charge in [0.15, 0.2) is 5.12 Å². The van der Waals surface area contributed by atoms with Gasteiger partial charge in [-0.2, -0.15) is 0 Å². The molecule has 365 valence electrons. The minimum atomic E-state index is -3.65. The fourth-order valence-corrected chi connectivity index (χ4v) is 2.65. The summed E-state index contributed by atoms with van der Waals surface area (Å²) in [5.41, 5.74) is 0. The Kier molecular flexibility index (Phi) is 107. The van der Waals surface area contributed by atoms with Gasteiger partial charge in [0.2, 0.25) is 0 Å². The molecular weight excluding hydrogens is 1260 g/mol. The first-order chi connectivity index (χ1) is 28.0. The number of hydrogen-bond acceptors (Lipinski definition) is 13. The van der Waals surface area contributed by atoms with E-state index in [1.165, 1.54) is 75.7 Å². The molecule has 1 aromatic heterocycles. The molecule has 4 aliphatic heterocycles. The molecule has 4 aliphatic rings. The van der Waals surface area contributed by atoms with Gasteiger partial charge >= 0.3 is 31.5 Å². The molecular formula is C43H89O14PReRfS. The van der Waals surface area contributed by atoms with Crippen molar-refractivity contribution in [1.82, 2.24) is 0 Å². The molecule has 1 radical (unpaired) electrons. The van der Waals surface area contributed by atoms with Crippen LogP contribution in [0.25, 0.3) is 0 Å². The number of carbonyl (C=O) groups excluding carboxylic acids is 4. The number of carbonyl (C=O) groups is 4. The van der Waals surface area contributed by atoms with Gasteiger partial charge < -0.3 is 37.6 Å². The fourth-order valence-electron chi connectivity index (χ4n) is 1.85. The smallest absolute Gasteiger partial charge is 0.455 e. The van der Waals surface area contributed by atoms with Crippen LogP contribution in [0.5, 0.6) is 0 Å². The number of unbranched alkanes of at least 4 members (excludes halogenated alkanes) is 1. The second-order valence-corrected chi connectivity index (χ2v) is 13.3. The number of cyclic esters (lactones) is 4. The Morgan fingerprint density at radius 3 is 1.16 bits per heavy atom. The molecule has 0 saturated carbocycles. The third-order valence-corrected chi connectivity index (χ3v) is 6.18. The number of rotatable bonds is 2. The molecule has 0 bridgehead atoms. The van der Waals surface area contributed by atoms with Gasteiger partial charge in [-0.05, 0) is 32.4 Å². The van der Waals surface area contributed by atoms with Crippen LogP contribution in [0.2, 0.25) is 0 Å². The van der Waals surface area contributed by atoms with E-state index in [2.05, 4.69) is 83.2 Å². The van der Waals surface area contributed by atoms with E-state index in [-0.39, 0.29) is 50.5 Å². The van der Waals surface area contributed by atoms with Crippen LogP contribution >= 0.6 is 19.4 Å². The van der Waals surface area contributed by atoms with Gasteiger partial charge in [-0.25, -0.2) is 14.4 Å². The van der Waals surface area contributed by atoms with Crippen molar-refractivity contribution in [3.8, 4) is 0 Å². The van der Waals surface area contributed by atoms with Gasteiger partial charge in [-0.3, -0.25) is 14.2 Å². The van der Waals surface area contributed by atoms with Gasteiger partial charge in [0.1, 0.15) is 31.8 Å². The maximum atomic E-state index is 10.3. The van der Waals surface area contributed by atoms with Crippen molar-refractivity contribution in [2.45, 2.75) is 183 Å². The third kappa shape index (κ3) is 102. The fraction of sp³-hybridized carbons (Fsp3) is 0.744. The Bertz CT molecular complexity index is 1070. The molecule has 2 saturated heterocycles. The first-order valence-electron chi connectivity index (χ1n) is 21.3. The molecule has 2 N–H and O–H groups in total. The van der Waals surface area contributed by atoms with Crippen molar-refractivity contribution in [1.29, 1.82) is 0 Å². The summed E-state index contributed by atoms with van der Waals surface area (Å²) in [5.74, 6) is -0.0127. The minimum Gasteiger partial charge on any atom is -0.455 e. The molecule has 2 fully saturated rings. The summed E-state index contributed by atoms with van der Waals surface area (Å²) in [7, 11) is -3.65. The summed E-state index contributed by atoms with van der Waals surface area (Å²) < 4.78 is 35.6. The van der Waals surface area contributed by atoms with E-state index in [1.807, 2.05) is 62.3 Å². The zero-order valence-electron chi connectivity index (χ0n) is 41.6. The summed E-state index contributed by atoms with van der Waals surface area (Å²) >= 11 is 1.46. The van der Waals surface area contributed by atoms with Crippen LogP contribution in [0.4, 0.5) is 4.79 Å². The zero-order chi connectivity index (χ0) is 48.5. The first-order valence-corrected chi connectivity index (χ1v) is 24.1. The second-order valence-electron chi connectivity index (χ2n) is 10.2. The van der Waals surface area contributed by atoms with E-state index in [4.69, 9.17) is 9.79 Å². The van der Waals surface area contributed by atoms with Crippen molar-refractivity contribution in [3.05, 3.63) is 47.6 Å². The second kappa shape index (κ2) is 77.2. The molecule has 5 heterocycles. The molecule has 0 aliphatic carbocycles. The van der Waals surface area contributed by atoms with Crippen LogP contribution in [-0.4, -0.2) is 64.2 Å². The van der Waals surface area contributed by atoms with Crippen LogP contribution in [0.3, 0.4) is 0 Å². The first kappa shape index (κ1) is 84.9. The number of esters is 2. The van der Waals surface area contributed by atoms with E-state index in [9.17, 15) is 28.5 Å². The molecule has 18 heteroatoms. The quantitative estimate of drug-likeness (QED) is 0.160. The Morgan fingerprint density at radius 2 is 1.08 bits per heavy atom. The Morgan fingerprint density at radius 1 is 0.705 bits per heavy atom. The summed E-state index contributed by atoms with van der Waals surface area (Å²) in [5, 5.41) is 0.370. The molecule has 5 rings (SSSR count). The van der Waals surface area contributed by atoms with Crippen LogP contribution in [0.1, 0.15) is 176 Å². The van der Waals surface area contributed by atoms with E-state index in [0.717, 1.165) is 18.6 Å². The molecule has 0 spiro atoms. The molecule has 14 nitrogen and oxygen atoms in total. The molecule has 0 aromatic carbocycles. The van der Waals surface area contributed by atoms with Gasteiger partial charge in [0.05, 0.1) is 12.2 Å². The monoisotopic (exact) mass is 1350 g/mol. The SMILES string of the molecule is CC.CC.CC.CC.CC1C=CC(=O)O1.CC1C=COC1=O.CCC.CCC.CCC.CCCC.CCP(=O)(O)O.O=C1CCCS1.O=C1OCCO1.O=c1occo1.[Re].[Rf]. The Labute approximate surface area is 384 Å². The Balaban J connectivity index is -0.0000000501. The standard InChI is InChI=1S/2C5H6O2.C4H6OS.C4H10.C3H4O3.C3H2O3.3C3H8.C2H7O3P.4C2H6.Re.Rf/c1-4-2-3-7-5(4)6;1-4-2-3-5(6)7-4;5-4-2-1-3-6-4;1-3-4-2;2*4-3-5-1-2-6-3;3*1-3-2;1-2-6(3,4)5;4*1-2;;/h2*2-4H,1H3;1-3H2;3-4H2,1-2H3;1-2H2;1-2H;3*3H2,1-2H3;2H2,1H3,(H2,3,4,5);4*1-2H3;;. The van der Waals surface area contributed by atoms with Crippen molar-refractivity contribution < 1.29 is 81.7 Å². The molecule has 1 aromatic rings. The van der Waals surface area contributed by atoms with E-state index < -0.39 is 19.6 Å². The summed E-state index contributed by atoms with van der Waals surface area (Å²) in [6.07, 6.45) is 16.4. The largest absolute Gasteiger partial charge is 0.518 e. The third-order valence-electron chi connectivity index (χ3n) is 4.34. The minimum absolute atomic E-state index is 0. The number of ether oxygens (including phenoxy) is 4. The predicted molar refractivity (Wildman–Crippen MR) is 247 cm³/mol. The van der Waals surface area contributed by atoms with Crippen LogP contribution in [0, 0.1) is 5.92 Å². The van der Waals surface area contributed by atoms with Crippen molar-refractivity contribution in [2.75, 3.05) is 25.1 Å². The maximum absolute atomic E-state index is 10.3. The topological polar surface area (TPSA) is 206 Å². The number of thioether (sulfide) groups is 1. The van der Waals surface area contributed by atoms with Crippen molar-refractivity contribution in [3.63, 3.8) is 0 Å². The predicted octanol–water partition coefficient (Wildman–Crippen LogP) is 12.9. The van der Waals surface area contributed by atoms with E-state index >= 15 is 0 Å². The van der Waals surface area contributed by atoms with Gasteiger partial charge in [-0.1, -0.05) is 162 Å². The average molecular weight is 1350 g/mol. The summed E-state index contributed by atoms with van der Waals surface area (Å²) in [6, 6.07) is 0. The average Bonchev–Trinajstić information content (AvgIpc) is 4.11. The summed E-state index contributed by atoms with van der Waals surface area (Å²) in [4.78, 5) is 66.0. The van der Waals surface area contributed by atoms with Gasteiger partial charge in [-0.15, -0.1) is 0 Å². The zero-order valence-corrected chi connectivity index (χ0v) is 52.5. The van der Waals surface area contributed by atoms with Crippen LogP contribution in [0.15, 0.2) is 50.6 Å². The van der Waals surface area contributed by atoms with Crippen LogP contribution < -0.4 is 5.82 Å². The molecule has 0 amide bonds. The van der Waals surface area contributed by atoms with Crippen molar-refractivity contribution in [2.24, 2.45) is 5.92 Å².